The van der Waals surface area contributed by atoms with Crippen LogP contribution in [-0.2, 0) is 4.43 Å². The standard InChI is InChI=1S/C16H25F2N5OSi/c1-10(24-25(5,6)16(2,3)4)13-9-21-22-23(13)15-12(14(17)18)7-11(19)8-20-15/h7-10,14H,19H2,1-6H3. The zero-order valence-electron chi connectivity index (χ0n) is 15.4. The van der Waals surface area contributed by atoms with Gasteiger partial charge in [0.15, 0.2) is 14.1 Å². The minimum atomic E-state index is -2.72. The number of aromatic nitrogens is 4. The number of halogens is 2. The van der Waals surface area contributed by atoms with Crippen molar-refractivity contribution in [2.45, 2.75) is 58.4 Å². The molecule has 2 aromatic heterocycles. The molecule has 2 aromatic rings. The first-order valence-electron chi connectivity index (χ1n) is 8.06. The predicted octanol–water partition coefficient (Wildman–Crippen LogP) is 4.26. The molecule has 2 heterocycles. The molecule has 9 heteroatoms. The number of hydrogen-bond donors (Lipinski definition) is 1. The molecule has 0 aliphatic carbocycles. The van der Waals surface area contributed by atoms with E-state index in [4.69, 9.17) is 10.2 Å². The molecule has 0 fully saturated rings. The normalized spacial score (nSPS) is 14.1. The number of pyridine rings is 1. The van der Waals surface area contributed by atoms with Crippen molar-refractivity contribution in [3.63, 3.8) is 0 Å². The molecule has 1 atom stereocenters. The van der Waals surface area contributed by atoms with Crippen LogP contribution in [0, 0.1) is 0 Å². The third-order valence-electron chi connectivity index (χ3n) is 4.62. The molecule has 25 heavy (non-hydrogen) atoms. The minimum absolute atomic E-state index is 0.0161. The van der Waals surface area contributed by atoms with Crippen LogP contribution in [0.25, 0.3) is 5.82 Å². The van der Waals surface area contributed by atoms with E-state index >= 15 is 0 Å². The molecule has 0 saturated carbocycles. The zero-order valence-corrected chi connectivity index (χ0v) is 16.4. The van der Waals surface area contributed by atoms with Gasteiger partial charge in [-0.1, -0.05) is 26.0 Å². The molecule has 0 radical (unpaired) electrons. The largest absolute Gasteiger partial charge is 0.409 e. The van der Waals surface area contributed by atoms with Gasteiger partial charge in [-0.3, -0.25) is 0 Å². The third kappa shape index (κ3) is 4.04. The Labute approximate surface area is 147 Å². The summed E-state index contributed by atoms with van der Waals surface area (Å²) in [6.45, 7) is 12.5. The number of anilines is 1. The first-order chi connectivity index (χ1) is 11.4. The Morgan fingerprint density at radius 1 is 1.24 bits per heavy atom. The van der Waals surface area contributed by atoms with Crippen LogP contribution in [0.5, 0.6) is 0 Å². The molecular formula is C16H25F2N5OSi. The number of rotatable bonds is 5. The lowest BCUT2D eigenvalue weighted by molar-refractivity contribution is 0.150. The lowest BCUT2D eigenvalue weighted by atomic mass is 10.2. The van der Waals surface area contributed by atoms with Crippen LogP contribution >= 0.6 is 0 Å². The maximum absolute atomic E-state index is 13.4. The summed E-state index contributed by atoms with van der Waals surface area (Å²) in [5.74, 6) is 0.0161. The fourth-order valence-corrected chi connectivity index (χ4v) is 3.55. The van der Waals surface area contributed by atoms with Crippen molar-refractivity contribution in [2.75, 3.05) is 5.73 Å². The quantitative estimate of drug-likeness (QED) is 0.797. The van der Waals surface area contributed by atoms with E-state index < -0.39 is 14.7 Å². The predicted molar refractivity (Wildman–Crippen MR) is 95.2 cm³/mol. The van der Waals surface area contributed by atoms with Gasteiger partial charge in [-0.2, -0.15) is 4.68 Å². The molecule has 6 nitrogen and oxygen atoms in total. The maximum Gasteiger partial charge on any atom is 0.267 e. The highest BCUT2D eigenvalue weighted by Gasteiger charge is 2.39. The molecule has 0 amide bonds. The Bertz CT molecular complexity index is 742. The summed E-state index contributed by atoms with van der Waals surface area (Å²) in [5.41, 5.74) is 6.05. The third-order valence-corrected chi connectivity index (χ3v) is 9.18. The fraction of sp³-hybridized carbons (Fsp3) is 0.562. The first kappa shape index (κ1) is 19.5. The van der Waals surface area contributed by atoms with E-state index in [0.717, 1.165) is 0 Å². The lowest BCUT2D eigenvalue weighted by Gasteiger charge is -2.38. The van der Waals surface area contributed by atoms with Gasteiger partial charge in [0.1, 0.15) is 0 Å². The van der Waals surface area contributed by atoms with E-state index in [-0.39, 0.29) is 28.2 Å². The summed E-state index contributed by atoms with van der Waals surface area (Å²) < 4.78 is 34.4. The van der Waals surface area contributed by atoms with Crippen molar-refractivity contribution in [1.29, 1.82) is 0 Å². The van der Waals surface area contributed by atoms with Gasteiger partial charge in [0.25, 0.3) is 6.43 Å². The lowest BCUT2D eigenvalue weighted by Crippen LogP contribution is -2.41. The number of nitrogen functional groups attached to an aromatic ring is 1. The van der Waals surface area contributed by atoms with Crippen LogP contribution in [0.2, 0.25) is 18.1 Å². The molecule has 1 unspecified atom stereocenters. The average Bonchev–Trinajstić information content (AvgIpc) is 2.94. The molecule has 0 aromatic carbocycles. The first-order valence-corrected chi connectivity index (χ1v) is 11.0. The Morgan fingerprint density at radius 2 is 1.88 bits per heavy atom. The van der Waals surface area contributed by atoms with Crippen molar-refractivity contribution in [3.8, 4) is 5.82 Å². The smallest absolute Gasteiger partial charge is 0.267 e. The van der Waals surface area contributed by atoms with Gasteiger partial charge in [-0.05, 0) is 31.1 Å². The van der Waals surface area contributed by atoms with Gasteiger partial charge >= 0.3 is 0 Å². The van der Waals surface area contributed by atoms with E-state index in [0.29, 0.717) is 5.69 Å². The monoisotopic (exact) mass is 369 g/mol. The molecule has 0 spiro atoms. The van der Waals surface area contributed by atoms with Crippen molar-refractivity contribution < 1.29 is 13.2 Å². The van der Waals surface area contributed by atoms with E-state index in [9.17, 15) is 8.78 Å². The highest BCUT2D eigenvalue weighted by molar-refractivity contribution is 6.74. The Morgan fingerprint density at radius 3 is 2.44 bits per heavy atom. The van der Waals surface area contributed by atoms with Crippen molar-refractivity contribution in [2.24, 2.45) is 0 Å². The summed E-state index contributed by atoms with van der Waals surface area (Å²) in [6.07, 6.45) is -0.239. The van der Waals surface area contributed by atoms with Crippen molar-refractivity contribution >= 4 is 14.0 Å². The SMILES string of the molecule is CC(O[Si](C)(C)C(C)(C)C)c1cnnn1-c1ncc(N)cc1C(F)F. The molecule has 2 N–H and O–H groups in total. The number of alkyl halides is 2. The Balaban J connectivity index is 2.42. The minimum Gasteiger partial charge on any atom is -0.409 e. The van der Waals surface area contributed by atoms with Crippen LogP contribution in [0.15, 0.2) is 18.5 Å². The van der Waals surface area contributed by atoms with Crippen molar-refractivity contribution in [3.05, 3.63) is 29.7 Å². The summed E-state index contributed by atoms with van der Waals surface area (Å²) in [7, 11) is -2.05. The van der Waals surface area contributed by atoms with E-state index in [1.807, 2.05) is 6.92 Å². The molecule has 138 valence electrons. The summed E-state index contributed by atoms with van der Waals surface area (Å²) in [6, 6.07) is 1.21. The molecule has 0 aliphatic rings. The van der Waals surface area contributed by atoms with Crippen LogP contribution in [0.3, 0.4) is 0 Å². The second-order valence-corrected chi connectivity index (χ2v) is 12.3. The molecule has 2 rings (SSSR count). The van der Waals surface area contributed by atoms with Crippen LogP contribution in [-0.4, -0.2) is 28.3 Å². The average molecular weight is 369 g/mol. The second-order valence-electron chi connectivity index (χ2n) is 7.57. The van der Waals surface area contributed by atoms with Gasteiger partial charge in [-0.15, -0.1) is 5.10 Å². The number of hydrogen-bond acceptors (Lipinski definition) is 5. The highest BCUT2D eigenvalue weighted by Crippen LogP contribution is 2.39. The zero-order chi connectivity index (χ0) is 19.0. The van der Waals surface area contributed by atoms with Gasteiger partial charge < -0.3 is 10.2 Å². The van der Waals surface area contributed by atoms with E-state index in [1.54, 1.807) is 0 Å². The number of nitrogens with two attached hydrogens (primary N) is 1. The van der Waals surface area contributed by atoms with E-state index in [1.165, 1.54) is 23.1 Å². The molecule has 0 saturated heterocycles. The topological polar surface area (TPSA) is 78.9 Å². The maximum atomic E-state index is 13.4. The van der Waals surface area contributed by atoms with Gasteiger partial charge in [-0.25, -0.2) is 13.8 Å². The van der Waals surface area contributed by atoms with Crippen molar-refractivity contribution in [1.82, 2.24) is 20.0 Å². The summed E-state index contributed by atoms with van der Waals surface area (Å²) in [4.78, 5) is 4.04. The van der Waals surface area contributed by atoms with Gasteiger partial charge in [0.05, 0.1) is 35.4 Å². The van der Waals surface area contributed by atoms with Gasteiger partial charge in [0, 0.05) is 0 Å². The molecule has 0 bridgehead atoms. The Kier molecular flexibility index (Phi) is 5.29. The van der Waals surface area contributed by atoms with E-state index in [2.05, 4.69) is 49.2 Å². The second kappa shape index (κ2) is 6.79. The summed E-state index contributed by atoms with van der Waals surface area (Å²) in [5, 5.41) is 7.83. The highest BCUT2D eigenvalue weighted by atomic mass is 28.4. The molecule has 0 aliphatic heterocycles. The van der Waals surface area contributed by atoms with Crippen LogP contribution in [0.1, 0.15) is 51.5 Å². The molecular weight excluding hydrogens is 344 g/mol. The van der Waals surface area contributed by atoms with Crippen LogP contribution in [0.4, 0.5) is 14.5 Å². The summed E-state index contributed by atoms with van der Waals surface area (Å²) >= 11 is 0. The Hall–Kier alpha value is -1.87. The fourth-order valence-electron chi connectivity index (χ4n) is 2.19. The van der Waals surface area contributed by atoms with Gasteiger partial charge in [0.2, 0.25) is 0 Å². The van der Waals surface area contributed by atoms with Crippen LogP contribution < -0.4 is 5.73 Å². The number of nitrogens with zero attached hydrogens (tertiary/aromatic N) is 4.